The van der Waals surface area contributed by atoms with Crippen molar-refractivity contribution in [3.05, 3.63) is 247 Å². The number of ether oxygens (including phenoxy) is 2. The molecule has 10 aromatic carbocycles. The van der Waals surface area contributed by atoms with Crippen LogP contribution in [0.4, 0.5) is 34.1 Å². The summed E-state index contributed by atoms with van der Waals surface area (Å²) < 4.78 is 21.0. The fraction of sp³-hybridized carbons (Fsp3) is 0. The van der Waals surface area contributed by atoms with E-state index in [0.717, 1.165) is 67.3 Å². The van der Waals surface area contributed by atoms with Gasteiger partial charge in [0.05, 0.1) is 28.3 Å². The SMILES string of the molecule is Brc1ccc(N2c3ccccc3Oc3ccccc32)cc1.c1ccc2c(c1)Oc1ccccc1N2c1ccc(-n2ccc3c4sc5ccccc5c4ccc32)cc1.c1ccc2c(c1)sc1c3cc[nH]c3ccc21. The van der Waals surface area contributed by atoms with Crippen molar-refractivity contribution < 1.29 is 9.47 Å². The Morgan fingerprint density at radius 3 is 1.33 bits per heavy atom. The molecule has 0 bridgehead atoms. The number of benzene rings is 10. The van der Waals surface area contributed by atoms with Gasteiger partial charge in [0.2, 0.25) is 0 Å². The molecule has 1 N–H and O–H groups in total. The highest BCUT2D eigenvalue weighted by molar-refractivity contribution is 9.10. The zero-order chi connectivity index (χ0) is 48.4. The topological polar surface area (TPSA) is 45.7 Å². The number of halogens is 1. The van der Waals surface area contributed by atoms with E-state index in [1.54, 1.807) is 0 Å². The van der Waals surface area contributed by atoms with Gasteiger partial charge < -0.3 is 28.8 Å². The van der Waals surface area contributed by atoms with Gasteiger partial charge in [-0.05, 0) is 133 Å². The minimum atomic E-state index is 0.865. The number of nitrogens with zero attached hydrogens (tertiary/aromatic N) is 3. The van der Waals surface area contributed by atoms with Crippen molar-refractivity contribution in [2.45, 2.75) is 0 Å². The maximum atomic E-state index is 6.17. The van der Waals surface area contributed by atoms with Crippen molar-refractivity contribution in [2.75, 3.05) is 9.80 Å². The largest absolute Gasteiger partial charge is 0.453 e. The number of para-hydroxylation sites is 8. The van der Waals surface area contributed by atoms with Crippen LogP contribution in [0.5, 0.6) is 23.0 Å². The summed E-state index contributed by atoms with van der Waals surface area (Å²) in [6, 6.07) is 80.2. The minimum Gasteiger partial charge on any atom is -0.453 e. The lowest BCUT2D eigenvalue weighted by Gasteiger charge is -2.32. The molecule has 0 fully saturated rings. The van der Waals surface area contributed by atoms with Gasteiger partial charge in [-0.25, -0.2) is 0 Å². The molecule has 0 spiro atoms. The van der Waals surface area contributed by atoms with Crippen LogP contribution in [-0.4, -0.2) is 9.55 Å². The van der Waals surface area contributed by atoms with Gasteiger partial charge >= 0.3 is 0 Å². The van der Waals surface area contributed by atoms with Crippen LogP contribution in [-0.2, 0) is 0 Å². The van der Waals surface area contributed by atoms with Crippen LogP contribution in [0.25, 0.3) is 67.8 Å². The minimum absolute atomic E-state index is 0.865. The van der Waals surface area contributed by atoms with Crippen molar-refractivity contribution in [3.8, 4) is 28.7 Å². The van der Waals surface area contributed by atoms with E-state index in [-0.39, 0.29) is 0 Å². The highest BCUT2D eigenvalue weighted by atomic mass is 79.9. The molecule has 2 aliphatic heterocycles. The lowest BCUT2D eigenvalue weighted by atomic mass is 10.1. The number of hydrogen-bond acceptors (Lipinski definition) is 6. The van der Waals surface area contributed by atoms with Crippen molar-refractivity contribution in [1.82, 2.24) is 9.55 Å². The zero-order valence-corrected chi connectivity index (χ0v) is 42.2. The van der Waals surface area contributed by atoms with Crippen LogP contribution in [0, 0.1) is 0 Å². The smallest absolute Gasteiger partial charge is 0.151 e. The van der Waals surface area contributed by atoms with Gasteiger partial charge in [-0.15, -0.1) is 22.7 Å². The number of aromatic amines is 1. The Morgan fingerprint density at radius 2 is 0.795 bits per heavy atom. The first-order valence-corrected chi connectivity index (χ1v) is 26.5. The Kier molecular flexibility index (Phi) is 10.6. The molecule has 0 atom stereocenters. The normalized spacial score (nSPS) is 12.3. The summed E-state index contributed by atoms with van der Waals surface area (Å²) in [6.45, 7) is 0. The van der Waals surface area contributed by atoms with E-state index in [1.165, 1.54) is 62.2 Å². The molecule has 0 aliphatic carbocycles. The zero-order valence-electron chi connectivity index (χ0n) is 38.9. The second-order valence-corrected chi connectivity index (χ2v) is 20.9. The molecular formula is C64H41BrN4O2S2. The maximum absolute atomic E-state index is 6.17. The second-order valence-electron chi connectivity index (χ2n) is 17.9. The van der Waals surface area contributed by atoms with Gasteiger partial charge in [-0.2, -0.15) is 0 Å². The molecule has 348 valence electrons. The maximum Gasteiger partial charge on any atom is 0.151 e. The molecule has 14 aromatic rings. The summed E-state index contributed by atoms with van der Waals surface area (Å²) in [5.41, 5.74) is 10.0. The fourth-order valence-corrected chi connectivity index (χ4v) is 13.0. The molecule has 9 heteroatoms. The quantitative estimate of drug-likeness (QED) is 0.192. The molecule has 0 unspecified atom stereocenters. The van der Waals surface area contributed by atoms with Crippen LogP contribution in [0.2, 0.25) is 0 Å². The van der Waals surface area contributed by atoms with E-state index >= 15 is 0 Å². The summed E-state index contributed by atoms with van der Waals surface area (Å²) in [4.78, 5) is 7.76. The number of fused-ring (bicyclic) bond motifs is 14. The predicted octanol–water partition coefficient (Wildman–Crippen LogP) is 20.1. The number of thiophene rings is 2. The summed E-state index contributed by atoms with van der Waals surface area (Å²) in [5.74, 6) is 3.48. The fourth-order valence-electron chi connectivity index (χ4n) is 10.3. The first-order chi connectivity index (χ1) is 36.1. The summed E-state index contributed by atoms with van der Waals surface area (Å²) in [6.07, 6.45) is 4.19. The standard InChI is InChI=1S/C32H20N2OS.C18H12BrNO.C14H9NS/c1-6-12-31-23(7-1)24-17-18-26-25(32(24)36-31)19-20-33(26)21-13-15-22(16-14-21)34-27-8-2-4-10-29(27)35-30-11-5-3-9-28(30)34;19-13-9-11-14(12-10-13)20-15-5-1-3-7-17(15)21-18-8-4-2-6-16(18)20;1-2-4-13-9(3-1)10-5-6-12-11(7-8-15-12)14(10)16-13/h1-20H;1-12H;1-8,15H. The molecule has 73 heavy (non-hydrogen) atoms. The van der Waals surface area contributed by atoms with Crippen LogP contribution in [0.3, 0.4) is 0 Å². The van der Waals surface area contributed by atoms with E-state index in [1.807, 2.05) is 89.5 Å². The first kappa shape index (κ1) is 43.2. The van der Waals surface area contributed by atoms with Gasteiger partial charge in [0.15, 0.2) is 23.0 Å². The van der Waals surface area contributed by atoms with Crippen LogP contribution >= 0.6 is 38.6 Å². The predicted molar refractivity (Wildman–Crippen MR) is 311 cm³/mol. The van der Waals surface area contributed by atoms with Gasteiger partial charge in [0.25, 0.3) is 0 Å². The molecular weight excluding hydrogens is 1000 g/mol. The third-order valence-electron chi connectivity index (χ3n) is 13.6. The van der Waals surface area contributed by atoms with E-state index in [9.17, 15) is 0 Å². The van der Waals surface area contributed by atoms with Crippen molar-refractivity contribution in [1.29, 1.82) is 0 Å². The summed E-state index contributed by atoms with van der Waals surface area (Å²) in [5, 5.41) is 8.04. The summed E-state index contributed by atoms with van der Waals surface area (Å²) >= 11 is 7.24. The lowest BCUT2D eigenvalue weighted by Crippen LogP contribution is -2.15. The number of H-pyrrole nitrogens is 1. The number of hydrogen-bond donors (Lipinski definition) is 1. The highest BCUT2D eigenvalue weighted by Gasteiger charge is 2.27. The Morgan fingerprint density at radius 1 is 0.356 bits per heavy atom. The highest BCUT2D eigenvalue weighted by Crippen LogP contribution is 2.52. The lowest BCUT2D eigenvalue weighted by molar-refractivity contribution is 0.477. The molecule has 2 aliphatic rings. The van der Waals surface area contributed by atoms with Crippen molar-refractivity contribution in [2.24, 2.45) is 0 Å². The Balaban J connectivity index is 0.000000112. The number of nitrogens with one attached hydrogen (secondary N) is 1. The third-order valence-corrected chi connectivity index (χ3v) is 16.6. The first-order valence-electron chi connectivity index (χ1n) is 24.1. The van der Waals surface area contributed by atoms with E-state index in [4.69, 9.17) is 9.47 Å². The van der Waals surface area contributed by atoms with E-state index in [0.29, 0.717) is 0 Å². The second kappa shape index (κ2) is 17.9. The molecule has 6 heterocycles. The van der Waals surface area contributed by atoms with Gasteiger partial charge in [0.1, 0.15) is 0 Å². The van der Waals surface area contributed by atoms with E-state index in [2.05, 4.69) is 211 Å². The molecule has 16 rings (SSSR count). The average molecular weight is 1040 g/mol. The number of rotatable bonds is 3. The van der Waals surface area contributed by atoms with Crippen LogP contribution < -0.4 is 19.3 Å². The van der Waals surface area contributed by atoms with Crippen molar-refractivity contribution in [3.63, 3.8) is 0 Å². The van der Waals surface area contributed by atoms with Gasteiger partial charge in [0, 0.05) is 90.6 Å². The average Bonchev–Trinajstić information content (AvgIpc) is 4.28. The third kappa shape index (κ3) is 7.51. The van der Waals surface area contributed by atoms with Gasteiger partial charge in [-0.3, -0.25) is 0 Å². The van der Waals surface area contributed by atoms with Crippen LogP contribution in [0.1, 0.15) is 0 Å². The Hall–Kier alpha value is -8.60. The number of aromatic nitrogens is 2. The van der Waals surface area contributed by atoms with Gasteiger partial charge in [-0.1, -0.05) is 113 Å². The molecule has 0 saturated carbocycles. The molecule has 6 nitrogen and oxygen atoms in total. The molecule has 0 amide bonds. The summed E-state index contributed by atoms with van der Waals surface area (Å²) in [7, 11) is 0. The molecule has 0 saturated heterocycles. The molecule has 4 aromatic heterocycles. The van der Waals surface area contributed by atoms with Crippen LogP contribution in [0.15, 0.2) is 247 Å². The number of anilines is 6. The Bertz CT molecular complexity index is 4290. The Labute approximate surface area is 436 Å². The molecule has 0 radical (unpaired) electrons. The van der Waals surface area contributed by atoms with Crippen molar-refractivity contribution >= 4 is 135 Å². The monoisotopic (exact) mass is 1040 g/mol. The van der Waals surface area contributed by atoms with E-state index < -0.39 is 0 Å².